The number of rotatable bonds is 2. The van der Waals surface area contributed by atoms with E-state index in [9.17, 15) is 4.79 Å². The number of hydrogen-bond donors (Lipinski definition) is 0. The van der Waals surface area contributed by atoms with Crippen molar-refractivity contribution in [2.24, 2.45) is 11.3 Å². The van der Waals surface area contributed by atoms with Crippen LogP contribution in [0.15, 0.2) is 16.7 Å². The standard InChI is InChI=1S/C17H25BrN2O/c1-17(2,3)12-6-8-19(9-7-12)16(21)15-10-13(18)11-20(15)14-4-5-14/h10-12,14H,4-9H2,1-3H3. The Bertz CT molecular complexity index is 531. The fourth-order valence-corrected chi connectivity index (χ4v) is 3.82. The van der Waals surface area contributed by atoms with Crippen molar-refractivity contribution in [1.82, 2.24) is 9.47 Å². The topological polar surface area (TPSA) is 25.2 Å². The first-order chi connectivity index (χ1) is 9.86. The van der Waals surface area contributed by atoms with Crippen molar-refractivity contribution in [2.45, 2.75) is 52.5 Å². The van der Waals surface area contributed by atoms with Crippen LogP contribution in [0, 0.1) is 11.3 Å². The van der Waals surface area contributed by atoms with Crippen LogP contribution in [0.5, 0.6) is 0 Å². The van der Waals surface area contributed by atoms with E-state index in [1.807, 2.05) is 11.0 Å². The summed E-state index contributed by atoms with van der Waals surface area (Å²) in [7, 11) is 0. The molecule has 0 unspecified atom stereocenters. The van der Waals surface area contributed by atoms with Gasteiger partial charge in [-0.2, -0.15) is 0 Å². The molecule has 0 atom stereocenters. The Balaban J connectivity index is 1.70. The molecule has 0 radical (unpaired) electrons. The van der Waals surface area contributed by atoms with Gasteiger partial charge in [0.05, 0.1) is 0 Å². The lowest BCUT2D eigenvalue weighted by Crippen LogP contribution is -2.42. The van der Waals surface area contributed by atoms with E-state index in [1.165, 1.54) is 12.8 Å². The molecular weight excluding hydrogens is 328 g/mol. The lowest BCUT2D eigenvalue weighted by atomic mass is 9.75. The van der Waals surface area contributed by atoms with Crippen molar-refractivity contribution in [2.75, 3.05) is 13.1 Å². The first-order valence-electron chi connectivity index (χ1n) is 8.03. The predicted molar refractivity (Wildman–Crippen MR) is 88.5 cm³/mol. The zero-order chi connectivity index (χ0) is 15.2. The Hall–Kier alpha value is -0.770. The second-order valence-corrected chi connectivity index (χ2v) is 8.53. The van der Waals surface area contributed by atoms with Gasteiger partial charge in [0, 0.05) is 29.8 Å². The molecule has 3 nitrogen and oxygen atoms in total. The molecule has 2 fully saturated rings. The zero-order valence-electron chi connectivity index (χ0n) is 13.2. The summed E-state index contributed by atoms with van der Waals surface area (Å²) in [5.41, 5.74) is 1.21. The molecule has 1 aliphatic heterocycles. The van der Waals surface area contributed by atoms with E-state index in [0.717, 1.165) is 42.0 Å². The molecule has 1 aromatic rings. The van der Waals surface area contributed by atoms with Gasteiger partial charge >= 0.3 is 0 Å². The first-order valence-corrected chi connectivity index (χ1v) is 8.82. The SMILES string of the molecule is CC(C)(C)C1CCN(C(=O)c2cc(Br)cn2C2CC2)CC1. The van der Waals surface area contributed by atoms with Crippen molar-refractivity contribution in [3.05, 3.63) is 22.4 Å². The van der Waals surface area contributed by atoms with E-state index in [0.29, 0.717) is 11.5 Å². The van der Waals surface area contributed by atoms with Gasteiger partial charge in [0.25, 0.3) is 5.91 Å². The van der Waals surface area contributed by atoms with Gasteiger partial charge in [0.2, 0.25) is 0 Å². The number of carbonyl (C=O) groups is 1. The molecule has 3 rings (SSSR count). The number of likely N-dealkylation sites (tertiary alicyclic amines) is 1. The number of nitrogens with zero attached hydrogens (tertiary/aromatic N) is 2. The molecule has 1 aromatic heterocycles. The van der Waals surface area contributed by atoms with Gasteiger partial charge in [-0.1, -0.05) is 20.8 Å². The van der Waals surface area contributed by atoms with E-state index in [2.05, 4.69) is 47.5 Å². The monoisotopic (exact) mass is 352 g/mol. The van der Waals surface area contributed by atoms with Gasteiger partial charge in [0.1, 0.15) is 5.69 Å². The van der Waals surface area contributed by atoms with E-state index in [-0.39, 0.29) is 5.91 Å². The van der Waals surface area contributed by atoms with Crippen molar-refractivity contribution in [3.8, 4) is 0 Å². The van der Waals surface area contributed by atoms with Crippen molar-refractivity contribution in [1.29, 1.82) is 0 Å². The lowest BCUT2D eigenvalue weighted by Gasteiger charge is -2.38. The maximum atomic E-state index is 12.8. The summed E-state index contributed by atoms with van der Waals surface area (Å²) >= 11 is 3.52. The Morgan fingerprint density at radius 3 is 2.33 bits per heavy atom. The minimum absolute atomic E-state index is 0.208. The summed E-state index contributed by atoms with van der Waals surface area (Å²) in [6, 6.07) is 2.53. The largest absolute Gasteiger partial charge is 0.339 e. The summed E-state index contributed by atoms with van der Waals surface area (Å²) in [4.78, 5) is 14.9. The zero-order valence-corrected chi connectivity index (χ0v) is 14.8. The van der Waals surface area contributed by atoms with E-state index in [4.69, 9.17) is 0 Å². The molecule has 2 heterocycles. The summed E-state index contributed by atoms with van der Waals surface area (Å²) in [6.45, 7) is 8.72. The molecule has 1 saturated carbocycles. The minimum Gasteiger partial charge on any atom is -0.339 e. The summed E-state index contributed by atoms with van der Waals surface area (Å²) in [5, 5.41) is 0. The van der Waals surface area contributed by atoms with Gasteiger partial charge in [-0.25, -0.2) is 0 Å². The molecule has 4 heteroatoms. The minimum atomic E-state index is 0.208. The van der Waals surface area contributed by atoms with Crippen LogP contribution in [0.2, 0.25) is 0 Å². The van der Waals surface area contributed by atoms with Gasteiger partial charge in [-0.15, -0.1) is 0 Å². The second-order valence-electron chi connectivity index (χ2n) is 7.61. The van der Waals surface area contributed by atoms with Crippen molar-refractivity contribution >= 4 is 21.8 Å². The molecule has 0 bridgehead atoms. The molecular formula is C17H25BrN2O. The number of amides is 1. The Morgan fingerprint density at radius 2 is 1.81 bits per heavy atom. The average Bonchev–Trinajstić information content (AvgIpc) is 3.20. The van der Waals surface area contributed by atoms with E-state index < -0.39 is 0 Å². The first kappa shape index (κ1) is 15.1. The number of hydrogen-bond acceptors (Lipinski definition) is 1. The van der Waals surface area contributed by atoms with Gasteiger partial charge < -0.3 is 9.47 Å². The summed E-state index contributed by atoms with van der Waals surface area (Å²) < 4.78 is 3.18. The normalized spacial score (nSPS) is 20.9. The van der Waals surface area contributed by atoms with Crippen LogP contribution >= 0.6 is 15.9 Å². The number of carbonyl (C=O) groups excluding carboxylic acids is 1. The highest BCUT2D eigenvalue weighted by Crippen LogP contribution is 2.38. The maximum Gasteiger partial charge on any atom is 0.270 e. The highest BCUT2D eigenvalue weighted by molar-refractivity contribution is 9.10. The van der Waals surface area contributed by atoms with Gasteiger partial charge in [0.15, 0.2) is 0 Å². The average molecular weight is 353 g/mol. The van der Waals surface area contributed by atoms with Crippen LogP contribution in [0.3, 0.4) is 0 Å². The molecule has 0 aromatic carbocycles. The number of piperidine rings is 1. The molecule has 21 heavy (non-hydrogen) atoms. The van der Waals surface area contributed by atoms with Crippen LogP contribution in [0.4, 0.5) is 0 Å². The predicted octanol–water partition coefficient (Wildman–Crippen LogP) is 4.48. The fourth-order valence-electron chi connectivity index (χ4n) is 3.38. The lowest BCUT2D eigenvalue weighted by molar-refractivity contribution is 0.0598. The van der Waals surface area contributed by atoms with Crippen LogP contribution in [-0.4, -0.2) is 28.5 Å². The van der Waals surface area contributed by atoms with Crippen LogP contribution in [0.1, 0.15) is 63.0 Å². The fraction of sp³-hybridized carbons (Fsp3) is 0.706. The quantitative estimate of drug-likeness (QED) is 0.769. The highest BCUT2D eigenvalue weighted by atomic mass is 79.9. The molecule has 1 saturated heterocycles. The Kier molecular flexibility index (Phi) is 3.93. The third-order valence-corrected chi connectivity index (χ3v) is 5.42. The van der Waals surface area contributed by atoms with Crippen molar-refractivity contribution < 1.29 is 4.79 Å². The molecule has 2 aliphatic rings. The third-order valence-electron chi connectivity index (χ3n) is 4.98. The van der Waals surface area contributed by atoms with Crippen LogP contribution in [0.25, 0.3) is 0 Å². The maximum absolute atomic E-state index is 12.8. The highest BCUT2D eigenvalue weighted by Gasteiger charge is 2.33. The van der Waals surface area contributed by atoms with Crippen molar-refractivity contribution in [3.63, 3.8) is 0 Å². The van der Waals surface area contributed by atoms with Gasteiger partial charge in [-0.3, -0.25) is 4.79 Å². The molecule has 0 spiro atoms. The molecule has 116 valence electrons. The molecule has 1 amide bonds. The number of halogens is 1. The van der Waals surface area contributed by atoms with E-state index in [1.54, 1.807) is 0 Å². The molecule has 1 aliphatic carbocycles. The van der Waals surface area contributed by atoms with Gasteiger partial charge in [-0.05, 0) is 59.0 Å². The summed E-state index contributed by atoms with van der Waals surface area (Å²) in [6.07, 6.45) is 6.72. The Labute approximate surface area is 135 Å². The van der Waals surface area contributed by atoms with E-state index >= 15 is 0 Å². The summed E-state index contributed by atoms with van der Waals surface area (Å²) in [5.74, 6) is 0.934. The Morgan fingerprint density at radius 1 is 1.19 bits per heavy atom. The van der Waals surface area contributed by atoms with Crippen LogP contribution < -0.4 is 0 Å². The smallest absolute Gasteiger partial charge is 0.270 e. The third kappa shape index (κ3) is 3.20. The number of aromatic nitrogens is 1. The molecule has 0 N–H and O–H groups in total. The second kappa shape index (κ2) is 5.45. The van der Waals surface area contributed by atoms with Crippen LogP contribution in [-0.2, 0) is 0 Å².